The third-order valence-corrected chi connectivity index (χ3v) is 3.30. The van der Waals surface area contributed by atoms with Gasteiger partial charge in [-0.15, -0.1) is 11.3 Å². The molecule has 1 aromatic carbocycles. The zero-order valence-corrected chi connectivity index (χ0v) is 9.74. The zero-order valence-electron chi connectivity index (χ0n) is 8.93. The van der Waals surface area contributed by atoms with Crippen LogP contribution in [0, 0.1) is 0 Å². The Morgan fingerprint density at radius 1 is 1.38 bits per heavy atom. The predicted octanol–water partition coefficient (Wildman–Crippen LogP) is 1.91. The summed E-state index contributed by atoms with van der Waals surface area (Å²) in [6.07, 6.45) is -0.573. The molecule has 0 amide bonds. The number of fused-ring (bicyclic) bond motifs is 1. The van der Waals surface area contributed by atoms with Crippen molar-refractivity contribution in [2.24, 2.45) is 5.73 Å². The second-order valence-corrected chi connectivity index (χ2v) is 4.54. The van der Waals surface area contributed by atoms with E-state index >= 15 is 0 Å². The van der Waals surface area contributed by atoms with Gasteiger partial charge < -0.3 is 15.6 Å². The molecule has 1 atom stereocenters. The standard InChI is InChI=1S/C12H15NO2S/c13-4-5-15-8-11(14)9-1-2-12-10(7-9)3-6-16-12/h1-3,6-7,11,14H,4-5,8,13H2. The minimum atomic E-state index is -0.573. The lowest BCUT2D eigenvalue weighted by atomic mass is 10.1. The molecule has 16 heavy (non-hydrogen) atoms. The third kappa shape index (κ3) is 2.59. The van der Waals surface area contributed by atoms with E-state index in [0.29, 0.717) is 19.8 Å². The first-order chi connectivity index (χ1) is 7.81. The highest BCUT2D eigenvalue weighted by molar-refractivity contribution is 7.17. The first-order valence-electron chi connectivity index (χ1n) is 5.24. The summed E-state index contributed by atoms with van der Waals surface area (Å²) < 4.78 is 6.46. The molecule has 0 saturated carbocycles. The van der Waals surface area contributed by atoms with Crippen LogP contribution in [-0.4, -0.2) is 24.9 Å². The normalized spacial score (nSPS) is 13.1. The first kappa shape index (κ1) is 11.5. The fourth-order valence-corrected chi connectivity index (χ4v) is 2.34. The molecule has 0 aliphatic heterocycles. The van der Waals surface area contributed by atoms with Crippen molar-refractivity contribution in [3.05, 3.63) is 35.2 Å². The topological polar surface area (TPSA) is 55.5 Å². The maximum absolute atomic E-state index is 9.88. The smallest absolute Gasteiger partial charge is 0.102 e. The predicted molar refractivity (Wildman–Crippen MR) is 66.7 cm³/mol. The van der Waals surface area contributed by atoms with Gasteiger partial charge in [0.1, 0.15) is 6.10 Å². The Hall–Kier alpha value is -0.940. The molecule has 86 valence electrons. The molecule has 1 heterocycles. The summed E-state index contributed by atoms with van der Waals surface area (Å²) in [6, 6.07) is 8.02. The molecule has 0 aliphatic carbocycles. The summed E-state index contributed by atoms with van der Waals surface area (Å²) in [7, 11) is 0. The molecule has 0 radical (unpaired) electrons. The van der Waals surface area contributed by atoms with Crippen molar-refractivity contribution < 1.29 is 9.84 Å². The van der Waals surface area contributed by atoms with Crippen LogP contribution in [-0.2, 0) is 4.74 Å². The molecule has 0 saturated heterocycles. The van der Waals surface area contributed by atoms with Gasteiger partial charge in [0.05, 0.1) is 13.2 Å². The van der Waals surface area contributed by atoms with E-state index in [1.807, 2.05) is 23.6 Å². The first-order valence-corrected chi connectivity index (χ1v) is 6.12. The molecular formula is C12H15NO2S. The lowest BCUT2D eigenvalue weighted by Gasteiger charge is -2.11. The molecule has 0 aliphatic rings. The Morgan fingerprint density at radius 3 is 3.06 bits per heavy atom. The lowest BCUT2D eigenvalue weighted by Crippen LogP contribution is -2.13. The van der Waals surface area contributed by atoms with Gasteiger partial charge in [0, 0.05) is 11.2 Å². The average Bonchev–Trinajstić information content (AvgIpc) is 2.76. The second-order valence-electron chi connectivity index (χ2n) is 3.60. The van der Waals surface area contributed by atoms with Crippen LogP contribution in [0.4, 0.5) is 0 Å². The van der Waals surface area contributed by atoms with Crippen LogP contribution < -0.4 is 5.73 Å². The monoisotopic (exact) mass is 237 g/mol. The highest BCUT2D eigenvalue weighted by Crippen LogP contribution is 2.24. The van der Waals surface area contributed by atoms with Gasteiger partial charge in [-0.25, -0.2) is 0 Å². The fraction of sp³-hybridized carbons (Fsp3) is 0.333. The van der Waals surface area contributed by atoms with Crippen LogP contribution in [0.15, 0.2) is 29.6 Å². The van der Waals surface area contributed by atoms with Gasteiger partial charge in [0.2, 0.25) is 0 Å². The number of nitrogens with two attached hydrogens (primary N) is 1. The van der Waals surface area contributed by atoms with Gasteiger partial charge in [0.25, 0.3) is 0 Å². The second kappa shape index (κ2) is 5.41. The molecule has 0 spiro atoms. The van der Waals surface area contributed by atoms with Gasteiger partial charge in [-0.2, -0.15) is 0 Å². The van der Waals surface area contributed by atoms with Gasteiger partial charge in [-0.3, -0.25) is 0 Å². The van der Waals surface area contributed by atoms with E-state index < -0.39 is 6.10 Å². The summed E-state index contributed by atoms with van der Waals surface area (Å²) >= 11 is 1.70. The molecule has 0 bridgehead atoms. The van der Waals surface area contributed by atoms with Crippen LogP contribution in [0.25, 0.3) is 10.1 Å². The quantitative estimate of drug-likeness (QED) is 0.781. The van der Waals surface area contributed by atoms with Crippen LogP contribution in [0.1, 0.15) is 11.7 Å². The van der Waals surface area contributed by atoms with Gasteiger partial charge in [-0.1, -0.05) is 6.07 Å². The molecule has 1 unspecified atom stereocenters. The van der Waals surface area contributed by atoms with Crippen molar-refractivity contribution in [1.29, 1.82) is 0 Å². The van der Waals surface area contributed by atoms with E-state index in [0.717, 1.165) is 5.56 Å². The number of hydrogen-bond acceptors (Lipinski definition) is 4. The van der Waals surface area contributed by atoms with E-state index in [1.165, 1.54) is 10.1 Å². The molecule has 3 N–H and O–H groups in total. The molecular weight excluding hydrogens is 222 g/mol. The van der Waals surface area contributed by atoms with Crippen LogP contribution in [0.5, 0.6) is 0 Å². The Morgan fingerprint density at radius 2 is 2.25 bits per heavy atom. The van der Waals surface area contributed by atoms with Gasteiger partial charge >= 0.3 is 0 Å². The molecule has 2 rings (SSSR count). The number of hydrogen-bond donors (Lipinski definition) is 2. The average molecular weight is 237 g/mol. The minimum Gasteiger partial charge on any atom is -0.386 e. The SMILES string of the molecule is NCCOCC(O)c1ccc2sccc2c1. The third-order valence-electron chi connectivity index (χ3n) is 2.40. The zero-order chi connectivity index (χ0) is 11.4. The van der Waals surface area contributed by atoms with E-state index in [1.54, 1.807) is 11.3 Å². The number of aliphatic hydroxyl groups excluding tert-OH is 1. The number of rotatable bonds is 5. The van der Waals surface area contributed by atoms with Gasteiger partial charge in [0.15, 0.2) is 0 Å². The molecule has 2 aromatic rings. The maximum Gasteiger partial charge on any atom is 0.102 e. The Kier molecular flexibility index (Phi) is 3.90. The number of ether oxygens (including phenoxy) is 1. The van der Waals surface area contributed by atoms with E-state index in [2.05, 4.69) is 6.07 Å². The van der Waals surface area contributed by atoms with Crippen molar-refractivity contribution in [2.45, 2.75) is 6.10 Å². The number of benzene rings is 1. The summed E-state index contributed by atoms with van der Waals surface area (Å²) in [5, 5.41) is 13.1. The van der Waals surface area contributed by atoms with Crippen LogP contribution in [0.2, 0.25) is 0 Å². The molecule has 3 nitrogen and oxygen atoms in total. The summed E-state index contributed by atoms with van der Waals surface area (Å²) in [5.74, 6) is 0. The summed E-state index contributed by atoms with van der Waals surface area (Å²) in [6.45, 7) is 1.26. The highest BCUT2D eigenvalue weighted by Gasteiger charge is 2.08. The maximum atomic E-state index is 9.88. The van der Waals surface area contributed by atoms with Crippen molar-refractivity contribution in [2.75, 3.05) is 19.8 Å². The van der Waals surface area contributed by atoms with Crippen LogP contribution >= 0.6 is 11.3 Å². The molecule has 0 fully saturated rings. The highest BCUT2D eigenvalue weighted by atomic mass is 32.1. The number of thiophene rings is 1. The summed E-state index contributed by atoms with van der Waals surface area (Å²) in [5.41, 5.74) is 6.20. The van der Waals surface area contributed by atoms with E-state index in [-0.39, 0.29) is 0 Å². The Labute approximate surface area is 98.5 Å². The largest absolute Gasteiger partial charge is 0.386 e. The van der Waals surface area contributed by atoms with Crippen molar-refractivity contribution in [1.82, 2.24) is 0 Å². The van der Waals surface area contributed by atoms with Crippen molar-refractivity contribution in [3.8, 4) is 0 Å². The van der Waals surface area contributed by atoms with Crippen molar-refractivity contribution >= 4 is 21.4 Å². The van der Waals surface area contributed by atoms with Crippen molar-refractivity contribution in [3.63, 3.8) is 0 Å². The van der Waals surface area contributed by atoms with Gasteiger partial charge in [-0.05, 0) is 34.5 Å². The summed E-state index contributed by atoms with van der Waals surface area (Å²) in [4.78, 5) is 0. The Bertz CT molecular complexity index is 455. The van der Waals surface area contributed by atoms with Crippen LogP contribution in [0.3, 0.4) is 0 Å². The lowest BCUT2D eigenvalue weighted by molar-refractivity contribution is 0.0396. The molecule has 1 aromatic heterocycles. The van der Waals surface area contributed by atoms with E-state index in [4.69, 9.17) is 10.5 Å². The Balaban J connectivity index is 2.07. The number of aliphatic hydroxyl groups is 1. The van der Waals surface area contributed by atoms with E-state index in [9.17, 15) is 5.11 Å². The molecule has 4 heteroatoms. The minimum absolute atomic E-state index is 0.298. The fourth-order valence-electron chi connectivity index (χ4n) is 1.57.